The molecule has 1 N–H and O–H groups in total. The van der Waals surface area contributed by atoms with Gasteiger partial charge in [-0.15, -0.1) is 0 Å². The van der Waals surface area contributed by atoms with Gasteiger partial charge in [-0.2, -0.15) is 0 Å². The molecule has 3 rings (SSSR count). The highest BCUT2D eigenvalue weighted by molar-refractivity contribution is 5.79. The van der Waals surface area contributed by atoms with Crippen molar-refractivity contribution in [3.05, 3.63) is 28.8 Å². The van der Waals surface area contributed by atoms with E-state index < -0.39 is 0 Å². The first-order valence-corrected chi connectivity index (χ1v) is 11.4. The van der Waals surface area contributed by atoms with Crippen LogP contribution in [0.1, 0.15) is 49.8 Å². The van der Waals surface area contributed by atoms with Gasteiger partial charge in [0.25, 0.3) is 0 Å². The Morgan fingerprint density at radius 1 is 1.07 bits per heavy atom. The van der Waals surface area contributed by atoms with E-state index in [0.29, 0.717) is 11.8 Å². The summed E-state index contributed by atoms with van der Waals surface area (Å²) in [7, 11) is 0. The molecule has 2 aliphatic rings. The quantitative estimate of drug-likeness (QED) is 0.795. The molecule has 0 aromatic heterocycles. The molecule has 0 aliphatic carbocycles. The number of carbonyl (C=O) groups excluding carboxylic acids is 1. The lowest BCUT2D eigenvalue weighted by Gasteiger charge is -2.43. The molecule has 0 bridgehead atoms. The zero-order valence-corrected chi connectivity index (χ0v) is 18.8. The zero-order valence-electron chi connectivity index (χ0n) is 18.8. The van der Waals surface area contributed by atoms with Crippen LogP contribution >= 0.6 is 0 Å². The Morgan fingerprint density at radius 2 is 1.66 bits per heavy atom. The number of amides is 1. The van der Waals surface area contributed by atoms with Gasteiger partial charge < -0.3 is 14.9 Å². The lowest BCUT2D eigenvalue weighted by atomic mass is 9.96. The van der Waals surface area contributed by atoms with E-state index in [-0.39, 0.29) is 11.8 Å². The molecule has 2 saturated heterocycles. The van der Waals surface area contributed by atoms with Crippen LogP contribution in [0.2, 0.25) is 0 Å². The average molecular weight is 402 g/mol. The van der Waals surface area contributed by atoms with Gasteiger partial charge in [0.05, 0.1) is 0 Å². The topological polar surface area (TPSA) is 47.0 Å². The fraction of sp³-hybridized carbons (Fsp3) is 0.708. The Bertz CT molecular complexity index is 666. The second kappa shape index (κ2) is 9.94. The lowest BCUT2D eigenvalue weighted by Crippen LogP contribution is -2.55. The van der Waals surface area contributed by atoms with E-state index in [1.165, 1.54) is 38.9 Å². The average Bonchev–Trinajstić information content (AvgIpc) is 2.72. The summed E-state index contributed by atoms with van der Waals surface area (Å²) in [5.74, 6) is 0.609. The maximum Gasteiger partial charge on any atom is 0.225 e. The molecular formula is C24H39N3O2. The third kappa shape index (κ3) is 5.52. The molecule has 2 heterocycles. The third-order valence-electron chi connectivity index (χ3n) is 6.75. The Kier molecular flexibility index (Phi) is 7.58. The molecule has 2 fully saturated rings. The van der Waals surface area contributed by atoms with Gasteiger partial charge in [0.1, 0.15) is 5.75 Å². The van der Waals surface area contributed by atoms with E-state index >= 15 is 0 Å². The molecule has 5 nitrogen and oxygen atoms in total. The summed E-state index contributed by atoms with van der Waals surface area (Å²) in [6.45, 7) is 15.5. The number of aromatic hydroxyl groups is 1. The number of nitrogens with zero attached hydrogens (tertiary/aromatic N) is 3. The van der Waals surface area contributed by atoms with Crippen molar-refractivity contribution in [2.45, 2.75) is 59.4 Å². The number of rotatable bonds is 6. The summed E-state index contributed by atoms with van der Waals surface area (Å²) >= 11 is 0. The normalized spacial score (nSPS) is 20.8. The number of aryl methyl sites for hydroxylation is 2. The Morgan fingerprint density at radius 3 is 2.21 bits per heavy atom. The maximum absolute atomic E-state index is 13.0. The number of hydrogen-bond donors (Lipinski definition) is 1. The molecule has 5 heteroatoms. The van der Waals surface area contributed by atoms with Gasteiger partial charge in [-0.3, -0.25) is 9.69 Å². The molecule has 0 radical (unpaired) electrons. The molecule has 29 heavy (non-hydrogen) atoms. The minimum atomic E-state index is -0.0258. The number of piperazine rings is 1. The van der Waals surface area contributed by atoms with Crippen LogP contribution in [0.15, 0.2) is 12.1 Å². The SMILES string of the molecule is CCCN1CCC(N2CCN(C(=O)[C@H](C)Cc3cc(C)c(O)c(C)c3)CC2)CC1. The predicted octanol–water partition coefficient (Wildman–Crippen LogP) is 3.21. The minimum Gasteiger partial charge on any atom is -0.507 e. The molecule has 2 aliphatic heterocycles. The van der Waals surface area contributed by atoms with Gasteiger partial charge in [-0.25, -0.2) is 0 Å². The Hall–Kier alpha value is -1.59. The lowest BCUT2D eigenvalue weighted by molar-refractivity contribution is -0.137. The molecule has 1 aromatic carbocycles. The highest BCUT2D eigenvalue weighted by atomic mass is 16.3. The Labute approximate surface area is 176 Å². The van der Waals surface area contributed by atoms with Crippen LogP contribution in [-0.4, -0.2) is 77.6 Å². The van der Waals surface area contributed by atoms with Crippen molar-refractivity contribution in [1.29, 1.82) is 0 Å². The van der Waals surface area contributed by atoms with Gasteiger partial charge in [0.2, 0.25) is 5.91 Å². The summed E-state index contributed by atoms with van der Waals surface area (Å²) in [6.07, 6.45) is 4.51. The number of phenols is 1. The fourth-order valence-electron chi connectivity index (χ4n) is 5.05. The van der Waals surface area contributed by atoms with Gasteiger partial charge in [0.15, 0.2) is 0 Å². The summed E-state index contributed by atoms with van der Waals surface area (Å²) in [5, 5.41) is 9.97. The third-order valence-corrected chi connectivity index (χ3v) is 6.75. The van der Waals surface area contributed by atoms with Crippen LogP contribution in [0.4, 0.5) is 0 Å². The monoisotopic (exact) mass is 401 g/mol. The first kappa shape index (κ1) is 22.1. The first-order valence-electron chi connectivity index (χ1n) is 11.4. The van der Waals surface area contributed by atoms with Crippen LogP contribution < -0.4 is 0 Å². The fourth-order valence-corrected chi connectivity index (χ4v) is 5.05. The van der Waals surface area contributed by atoms with Crippen molar-refractivity contribution in [3.8, 4) is 5.75 Å². The highest BCUT2D eigenvalue weighted by Crippen LogP contribution is 2.25. The van der Waals surface area contributed by atoms with Gasteiger partial charge in [-0.05, 0) is 75.9 Å². The number of hydrogen-bond acceptors (Lipinski definition) is 4. The van der Waals surface area contributed by atoms with E-state index in [2.05, 4.69) is 21.6 Å². The van der Waals surface area contributed by atoms with Crippen LogP contribution in [0.25, 0.3) is 0 Å². The van der Waals surface area contributed by atoms with Crippen molar-refractivity contribution in [2.75, 3.05) is 45.8 Å². The molecular weight excluding hydrogens is 362 g/mol. The van der Waals surface area contributed by atoms with Gasteiger partial charge in [0, 0.05) is 38.1 Å². The van der Waals surface area contributed by atoms with E-state index in [4.69, 9.17) is 0 Å². The molecule has 0 saturated carbocycles. The van der Waals surface area contributed by atoms with E-state index in [0.717, 1.165) is 49.3 Å². The van der Waals surface area contributed by atoms with Crippen molar-refractivity contribution < 1.29 is 9.90 Å². The maximum atomic E-state index is 13.0. The summed E-state index contributed by atoms with van der Waals surface area (Å²) in [5.41, 5.74) is 2.91. The van der Waals surface area contributed by atoms with Crippen molar-refractivity contribution in [3.63, 3.8) is 0 Å². The summed E-state index contributed by atoms with van der Waals surface area (Å²) < 4.78 is 0. The summed E-state index contributed by atoms with van der Waals surface area (Å²) in [4.78, 5) is 20.3. The van der Waals surface area contributed by atoms with Crippen LogP contribution in [0.3, 0.4) is 0 Å². The molecule has 0 unspecified atom stereocenters. The number of carbonyl (C=O) groups is 1. The minimum absolute atomic E-state index is 0.0258. The van der Waals surface area contributed by atoms with E-state index in [9.17, 15) is 9.90 Å². The Balaban J connectivity index is 1.47. The van der Waals surface area contributed by atoms with Crippen LogP contribution in [0.5, 0.6) is 5.75 Å². The second-order valence-electron chi connectivity index (χ2n) is 9.12. The van der Waals surface area contributed by atoms with Gasteiger partial charge in [-0.1, -0.05) is 26.0 Å². The van der Waals surface area contributed by atoms with E-state index in [1.54, 1.807) is 0 Å². The van der Waals surface area contributed by atoms with Gasteiger partial charge >= 0.3 is 0 Å². The van der Waals surface area contributed by atoms with Crippen molar-refractivity contribution >= 4 is 5.91 Å². The van der Waals surface area contributed by atoms with E-state index in [1.807, 2.05) is 32.9 Å². The van der Waals surface area contributed by atoms with Crippen molar-refractivity contribution in [2.24, 2.45) is 5.92 Å². The van der Waals surface area contributed by atoms with Crippen molar-refractivity contribution in [1.82, 2.24) is 14.7 Å². The predicted molar refractivity (Wildman–Crippen MR) is 118 cm³/mol. The molecule has 0 spiro atoms. The first-order chi connectivity index (χ1) is 13.9. The second-order valence-corrected chi connectivity index (χ2v) is 9.12. The number of benzene rings is 1. The molecule has 1 amide bonds. The molecule has 162 valence electrons. The zero-order chi connectivity index (χ0) is 21.0. The number of piperidine rings is 1. The van der Waals surface area contributed by atoms with Crippen LogP contribution in [-0.2, 0) is 11.2 Å². The van der Waals surface area contributed by atoms with Crippen LogP contribution in [0, 0.1) is 19.8 Å². The largest absolute Gasteiger partial charge is 0.507 e. The smallest absolute Gasteiger partial charge is 0.225 e. The highest BCUT2D eigenvalue weighted by Gasteiger charge is 2.30. The standard InChI is InChI=1S/C24H39N3O2/c1-5-8-25-9-6-22(7-10-25)26-11-13-27(14-12-26)24(29)20(4)17-21-15-18(2)23(28)19(3)16-21/h15-16,20,22,28H,5-14,17H2,1-4H3/t20-/m1/s1. The molecule has 1 atom stereocenters. The number of phenolic OH excluding ortho intramolecular Hbond substituents is 1. The summed E-state index contributed by atoms with van der Waals surface area (Å²) in [6, 6.07) is 4.71. The molecule has 1 aromatic rings. The number of likely N-dealkylation sites (tertiary alicyclic amines) is 1.